The van der Waals surface area contributed by atoms with Crippen LogP contribution in [0.25, 0.3) is 16.7 Å². The first-order chi connectivity index (χ1) is 11.5. The van der Waals surface area contributed by atoms with E-state index in [2.05, 4.69) is 12.0 Å². The van der Waals surface area contributed by atoms with Gasteiger partial charge in [-0.05, 0) is 31.0 Å². The van der Waals surface area contributed by atoms with Crippen molar-refractivity contribution in [3.8, 4) is 5.69 Å². The highest BCUT2D eigenvalue weighted by molar-refractivity contribution is 7.91. The molecule has 1 aliphatic rings. The van der Waals surface area contributed by atoms with Crippen molar-refractivity contribution >= 4 is 20.9 Å². The predicted octanol–water partition coefficient (Wildman–Crippen LogP) is 3.01. The molecule has 24 heavy (non-hydrogen) atoms. The number of para-hydroxylation sites is 1. The molecule has 1 aliphatic heterocycles. The lowest BCUT2D eigenvalue weighted by Gasteiger charge is -2.10. The molecule has 0 saturated carbocycles. The second kappa shape index (κ2) is 5.41. The van der Waals surface area contributed by atoms with Crippen LogP contribution in [0, 0.1) is 6.92 Å². The monoisotopic (exact) mass is 341 g/mol. The van der Waals surface area contributed by atoms with Gasteiger partial charge < -0.3 is 0 Å². The van der Waals surface area contributed by atoms with E-state index >= 15 is 0 Å². The van der Waals surface area contributed by atoms with Gasteiger partial charge >= 0.3 is 0 Å². The number of rotatable bonds is 3. The lowest BCUT2D eigenvalue weighted by atomic mass is 10.0. The van der Waals surface area contributed by atoms with E-state index in [4.69, 9.17) is 4.98 Å². The molecule has 6 heteroatoms. The van der Waals surface area contributed by atoms with E-state index in [1.807, 2.05) is 41.9 Å². The van der Waals surface area contributed by atoms with Gasteiger partial charge in [-0.3, -0.25) is 0 Å². The summed E-state index contributed by atoms with van der Waals surface area (Å²) in [6, 6.07) is 9.85. The normalized spacial score (nSPS) is 15.8. The first kappa shape index (κ1) is 15.3. The Kier molecular flexibility index (Phi) is 3.46. The minimum Gasteiger partial charge on any atom is -0.232 e. The maximum absolute atomic E-state index is 12.5. The minimum absolute atomic E-state index is 0.163. The third-order valence-electron chi connectivity index (χ3n) is 4.53. The smallest absolute Gasteiger partial charge is 0.180 e. The van der Waals surface area contributed by atoms with Crippen LogP contribution in [0.2, 0.25) is 0 Å². The van der Waals surface area contributed by atoms with Gasteiger partial charge in [-0.1, -0.05) is 31.5 Å². The van der Waals surface area contributed by atoms with Crippen LogP contribution in [-0.2, 0) is 22.7 Å². The van der Waals surface area contributed by atoms with Gasteiger partial charge in [0.15, 0.2) is 15.5 Å². The van der Waals surface area contributed by atoms with E-state index in [0.717, 1.165) is 40.8 Å². The molecule has 0 spiro atoms. The van der Waals surface area contributed by atoms with Crippen molar-refractivity contribution in [3.63, 3.8) is 0 Å². The predicted molar refractivity (Wildman–Crippen MR) is 93.4 cm³/mol. The Morgan fingerprint density at radius 2 is 1.96 bits per heavy atom. The highest BCUT2D eigenvalue weighted by Gasteiger charge is 2.33. The number of aromatic nitrogens is 3. The van der Waals surface area contributed by atoms with Gasteiger partial charge in [0.2, 0.25) is 0 Å². The van der Waals surface area contributed by atoms with E-state index in [-0.39, 0.29) is 5.75 Å². The number of sulfone groups is 1. The van der Waals surface area contributed by atoms with Gasteiger partial charge in [0, 0.05) is 11.8 Å². The van der Waals surface area contributed by atoms with Crippen LogP contribution in [0.3, 0.4) is 0 Å². The number of hydrogen-bond acceptors (Lipinski definition) is 4. The summed E-state index contributed by atoms with van der Waals surface area (Å²) in [6.07, 6.45) is 2.10. The molecule has 4 rings (SSSR count). The maximum atomic E-state index is 12.5. The fourth-order valence-corrected chi connectivity index (χ4v) is 5.30. The molecule has 3 aromatic rings. The van der Waals surface area contributed by atoms with Crippen LogP contribution in [0.15, 0.2) is 35.2 Å². The molecule has 3 heterocycles. The minimum atomic E-state index is -3.22. The van der Waals surface area contributed by atoms with Crippen molar-refractivity contribution in [2.45, 2.75) is 38.0 Å². The quantitative estimate of drug-likeness (QED) is 0.734. The molecular formula is C18H19N3O2S. The summed E-state index contributed by atoms with van der Waals surface area (Å²) in [7, 11) is -3.22. The van der Waals surface area contributed by atoms with E-state index in [9.17, 15) is 8.42 Å². The molecule has 5 nitrogen and oxygen atoms in total. The van der Waals surface area contributed by atoms with Gasteiger partial charge in [-0.15, -0.1) is 0 Å². The van der Waals surface area contributed by atoms with E-state index in [1.54, 1.807) is 0 Å². The van der Waals surface area contributed by atoms with Crippen LogP contribution in [-0.4, -0.2) is 28.9 Å². The van der Waals surface area contributed by atoms with Crippen LogP contribution in [0.5, 0.6) is 0 Å². The van der Waals surface area contributed by atoms with E-state index in [1.165, 1.54) is 0 Å². The summed E-state index contributed by atoms with van der Waals surface area (Å²) in [4.78, 5) is 5.18. The SMILES string of the molecule is CCCc1c2c(nc3c1c(C)nn3-c1ccccc1)CCS2(=O)=O. The fourth-order valence-electron chi connectivity index (χ4n) is 3.55. The average Bonchev–Trinajstić information content (AvgIpc) is 3.06. The van der Waals surface area contributed by atoms with Gasteiger partial charge in [-0.25, -0.2) is 18.1 Å². The van der Waals surface area contributed by atoms with Gasteiger partial charge in [-0.2, -0.15) is 5.10 Å². The van der Waals surface area contributed by atoms with Crippen LogP contribution >= 0.6 is 0 Å². The lowest BCUT2D eigenvalue weighted by Crippen LogP contribution is -2.05. The van der Waals surface area contributed by atoms with Crippen LogP contribution in [0.1, 0.15) is 30.3 Å². The Morgan fingerprint density at radius 1 is 1.21 bits per heavy atom. The zero-order chi connectivity index (χ0) is 16.9. The Labute approximate surface area is 141 Å². The van der Waals surface area contributed by atoms with Crippen molar-refractivity contribution in [1.29, 1.82) is 0 Å². The molecule has 0 aliphatic carbocycles. The van der Waals surface area contributed by atoms with Crippen molar-refractivity contribution in [1.82, 2.24) is 14.8 Å². The zero-order valence-corrected chi connectivity index (χ0v) is 14.6. The number of nitrogens with zero attached hydrogens (tertiary/aromatic N) is 3. The largest absolute Gasteiger partial charge is 0.232 e. The highest BCUT2D eigenvalue weighted by Crippen LogP contribution is 2.35. The highest BCUT2D eigenvalue weighted by atomic mass is 32.2. The summed E-state index contributed by atoms with van der Waals surface area (Å²) in [5, 5.41) is 5.54. The Bertz CT molecular complexity index is 1040. The van der Waals surface area contributed by atoms with Crippen LogP contribution in [0.4, 0.5) is 0 Å². The maximum Gasteiger partial charge on any atom is 0.180 e. The third kappa shape index (κ3) is 2.17. The molecule has 0 fully saturated rings. The summed E-state index contributed by atoms with van der Waals surface area (Å²) in [5.41, 5.74) is 4.12. The van der Waals surface area contributed by atoms with Crippen molar-refractivity contribution in [3.05, 3.63) is 47.3 Å². The molecule has 0 amide bonds. The number of hydrogen-bond donors (Lipinski definition) is 0. The molecule has 0 bridgehead atoms. The van der Waals surface area contributed by atoms with Crippen molar-refractivity contribution in [2.75, 3.05) is 5.75 Å². The van der Waals surface area contributed by atoms with Crippen LogP contribution < -0.4 is 0 Å². The zero-order valence-electron chi connectivity index (χ0n) is 13.8. The third-order valence-corrected chi connectivity index (χ3v) is 6.38. The first-order valence-electron chi connectivity index (χ1n) is 8.22. The van der Waals surface area contributed by atoms with Gasteiger partial charge in [0.25, 0.3) is 0 Å². The molecule has 0 saturated heterocycles. The van der Waals surface area contributed by atoms with E-state index in [0.29, 0.717) is 17.0 Å². The molecule has 0 radical (unpaired) electrons. The summed E-state index contributed by atoms with van der Waals surface area (Å²) in [6.45, 7) is 3.99. The van der Waals surface area contributed by atoms with E-state index < -0.39 is 9.84 Å². The first-order valence-corrected chi connectivity index (χ1v) is 9.87. The standard InChI is InChI=1S/C18H19N3O2S/c1-3-7-14-16-12(2)20-21(13-8-5-4-6-9-13)18(16)19-15-10-11-24(22,23)17(14)15/h4-6,8-9H,3,7,10-11H2,1-2H3. The Morgan fingerprint density at radius 3 is 2.67 bits per heavy atom. The Balaban J connectivity index is 2.11. The molecule has 0 N–H and O–H groups in total. The fraction of sp³-hybridized carbons (Fsp3) is 0.333. The summed E-state index contributed by atoms with van der Waals surface area (Å²) in [5.74, 6) is 0.163. The van der Waals surface area contributed by atoms with Gasteiger partial charge in [0.1, 0.15) is 0 Å². The van der Waals surface area contributed by atoms with Gasteiger partial charge in [0.05, 0.1) is 27.7 Å². The summed E-state index contributed by atoms with van der Waals surface area (Å²) >= 11 is 0. The molecule has 2 aromatic heterocycles. The topological polar surface area (TPSA) is 64.8 Å². The van der Waals surface area contributed by atoms with Crippen molar-refractivity contribution in [2.24, 2.45) is 0 Å². The number of benzene rings is 1. The molecule has 0 unspecified atom stereocenters. The number of aryl methyl sites for hydroxylation is 3. The molecule has 124 valence electrons. The number of pyridine rings is 1. The second-order valence-corrected chi connectivity index (χ2v) is 8.26. The lowest BCUT2D eigenvalue weighted by molar-refractivity contribution is 0.599. The summed E-state index contributed by atoms with van der Waals surface area (Å²) < 4.78 is 26.9. The van der Waals surface area contributed by atoms with Crippen molar-refractivity contribution < 1.29 is 8.42 Å². The average molecular weight is 341 g/mol. The number of fused-ring (bicyclic) bond motifs is 2. The second-order valence-electron chi connectivity index (χ2n) is 6.22. The Hall–Kier alpha value is -2.21. The molecule has 1 aromatic carbocycles. The molecular weight excluding hydrogens is 322 g/mol. The molecule has 0 atom stereocenters.